The third kappa shape index (κ3) is 4.53. The lowest BCUT2D eigenvalue weighted by Crippen LogP contribution is -2.54. The Morgan fingerprint density at radius 2 is 1.82 bits per heavy atom. The molecule has 0 bridgehead atoms. The number of nitrogens with zero attached hydrogens (tertiary/aromatic N) is 3. The Balaban J connectivity index is 1.23. The number of ether oxygens (including phenoxy) is 1. The molecule has 196 valence electrons. The number of rotatable bonds is 7. The fourth-order valence-corrected chi connectivity index (χ4v) is 5.05. The molecule has 0 spiro atoms. The number of carboxylic acid groups (broad SMARTS) is 1. The minimum absolute atomic E-state index is 0.0461. The van der Waals surface area contributed by atoms with Gasteiger partial charge in [-0.1, -0.05) is 0 Å². The maximum absolute atomic E-state index is 13.0. The van der Waals surface area contributed by atoms with Gasteiger partial charge in [-0.25, -0.2) is 4.79 Å². The number of amides is 4. The SMILES string of the molecule is O=C1CCC(N2C(=O)c3ccc(N4CC(CCc5cc([N+](=O)[O-])ccc5OC(=O)O)C4)cc3C2=O)C(=O)N1. The number of carbonyl (C=O) groups is 5. The van der Waals surface area contributed by atoms with E-state index in [1.807, 2.05) is 4.90 Å². The van der Waals surface area contributed by atoms with E-state index in [9.17, 15) is 34.1 Å². The van der Waals surface area contributed by atoms with E-state index < -0.39 is 40.7 Å². The molecule has 0 saturated carbocycles. The second-order valence-corrected chi connectivity index (χ2v) is 9.40. The van der Waals surface area contributed by atoms with Gasteiger partial charge in [-0.15, -0.1) is 0 Å². The van der Waals surface area contributed by atoms with E-state index in [-0.39, 0.29) is 41.3 Å². The summed E-state index contributed by atoms with van der Waals surface area (Å²) < 4.78 is 4.76. The van der Waals surface area contributed by atoms with E-state index in [0.717, 1.165) is 10.6 Å². The van der Waals surface area contributed by atoms with Crippen molar-refractivity contribution in [2.45, 2.75) is 31.7 Å². The Bertz CT molecular complexity index is 1400. The molecule has 3 heterocycles. The Labute approximate surface area is 215 Å². The average Bonchev–Trinajstić information content (AvgIpc) is 3.08. The molecule has 5 rings (SSSR count). The molecule has 2 saturated heterocycles. The normalized spacial score (nSPS) is 19.2. The number of hydrogen-bond donors (Lipinski definition) is 2. The van der Waals surface area contributed by atoms with Gasteiger partial charge in [0.1, 0.15) is 11.8 Å². The van der Waals surface area contributed by atoms with Gasteiger partial charge >= 0.3 is 6.16 Å². The molecule has 2 N–H and O–H groups in total. The molecule has 0 aromatic heterocycles. The lowest BCUT2D eigenvalue weighted by atomic mass is 9.91. The smallest absolute Gasteiger partial charge is 0.449 e. The summed E-state index contributed by atoms with van der Waals surface area (Å²) in [7, 11) is 0. The fourth-order valence-electron chi connectivity index (χ4n) is 5.05. The molecule has 4 amide bonds. The van der Waals surface area contributed by atoms with Gasteiger partial charge in [-0.05, 0) is 49.4 Å². The molecular weight excluding hydrogens is 500 g/mol. The molecule has 3 aliphatic rings. The van der Waals surface area contributed by atoms with Crippen LogP contribution in [-0.4, -0.2) is 63.8 Å². The van der Waals surface area contributed by atoms with Crippen LogP contribution in [0.2, 0.25) is 0 Å². The first kappa shape index (κ1) is 24.9. The van der Waals surface area contributed by atoms with Crippen molar-refractivity contribution in [3.63, 3.8) is 0 Å². The summed E-state index contributed by atoms with van der Waals surface area (Å²) in [5, 5.41) is 22.2. The van der Waals surface area contributed by atoms with E-state index in [4.69, 9.17) is 9.84 Å². The third-order valence-corrected chi connectivity index (χ3v) is 7.02. The number of non-ortho nitro benzene ring substituents is 1. The van der Waals surface area contributed by atoms with Gasteiger partial charge < -0.3 is 14.7 Å². The van der Waals surface area contributed by atoms with Gasteiger partial charge in [0.05, 0.1) is 16.1 Å². The van der Waals surface area contributed by atoms with Crippen LogP contribution in [0.3, 0.4) is 0 Å². The molecule has 2 fully saturated rings. The van der Waals surface area contributed by atoms with Crippen LogP contribution < -0.4 is 15.0 Å². The minimum atomic E-state index is -1.50. The van der Waals surface area contributed by atoms with Crippen molar-refractivity contribution in [1.29, 1.82) is 0 Å². The van der Waals surface area contributed by atoms with Crippen LogP contribution in [-0.2, 0) is 16.0 Å². The number of nitrogens with one attached hydrogen (secondary N) is 1. The number of aryl methyl sites for hydroxylation is 1. The van der Waals surface area contributed by atoms with Gasteiger partial charge in [0.2, 0.25) is 11.8 Å². The first-order valence-electron chi connectivity index (χ1n) is 11.9. The molecular formula is C25H22N4O9. The quantitative estimate of drug-likeness (QED) is 0.180. The van der Waals surface area contributed by atoms with Crippen molar-refractivity contribution in [1.82, 2.24) is 10.2 Å². The van der Waals surface area contributed by atoms with Gasteiger partial charge in [0, 0.05) is 42.9 Å². The summed E-state index contributed by atoms with van der Waals surface area (Å²) in [5.41, 5.74) is 1.41. The standard InChI is InChI=1S/C25H22N4O9/c30-21-8-6-19(22(31)26-21)28-23(32)17-5-3-15(10-18(17)24(28)33)27-11-13(12-27)1-2-14-9-16(29(36)37)4-7-20(14)38-25(34)35/h3-5,7,9-10,13,19H,1-2,6,8,11-12H2,(H,34,35)(H,26,30,31). The molecule has 2 aromatic carbocycles. The Morgan fingerprint density at radius 3 is 2.50 bits per heavy atom. The predicted octanol–water partition coefficient (Wildman–Crippen LogP) is 2.12. The maximum atomic E-state index is 13.0. The molecule has 1 unspecified atom stereocenters. The minimum Gasteiger partial charge on any atom is -0.449 e. The summed E-state index contributed by atoms with van der Waals surface area (Å²) >= 11 is 0. The zero-order chi connectivity index (χ0) is 27.1. The number of nitro benzene ring substituents is 1. The highest BCUT2D eigenvalue weighted by Crippen LogP contribution is 2.34. The van der Waals surface area contributed by atoms with Crippen LogP contribution in [0.4, 0.5) is 16.2 Å². The van der Waals surface area contributed by atoms with Crippen LogP contribution in [0, 0.1) is 16.0 Å². The van der Waals surface area contributed by atoms with E-state index in [2.05, 4.69) is 5.32 Å². The van der Waals surface area contributed by atoms with Gasteiger partial charge in [-0.3, -0.25) is 39.5 Å². The number of hydrogen-bond acceptors (Lipinski definition) is 9. The van der Waals surface area contributed by atoms with E-state index in [1.165, 1.54) is 18.2 Å². The van der Waals surface area contributed by atoms with E-state index in [1.54, 1.807) is 18.2 Å². The molecule has 1 atom stereocenters. The van der Waals surface area contributed by atoms with E-state index in [0.29, 0.717) is 31.5 Å². The summed E-state index contributed by atoms with van der Waals surface area (Å²) in [6.07, 6.45) is -0.374. The molecule has 3 aliphatic heterocycles. The monoisotopic (exact) mass is 522 g/mol. The topological polar surface area (TPSA) is 176 Å². The largest absolute Gasteiger partial charge is 0.511 e. The molecule has 13 nitrogen and oxygen atoms in total. The maximum Gasteiger partial charge on any atom is 0.511 e. The first-order valence-corrected chi connectivity index (χ1v) is 11.9. The highest BCUT2D eigenvalue weighted by Gasteiger charge is 2.45. The van der Waals surface area contributed by atoms with Crippen molar-refractivity contribution in [2.24, 2.45) is 5.92 Å². The number of anilines is 1. The Morgan fingerprint density at radius 1 is 1.08 bits per heavy atom. The third-order valence-electron chi connectivity index (χ3n) is 7.02. The van der Waals surface area contributed by atoms with Crippen LogP contribution in [0.25, 0.3) is 0 Å². The summed E-state index contributed by atoms with van der Waals surface area (Å²) in [6.45, 7) is 1.25. The number of piperidine rings is 1. The van der Waals surface area contributed by atoms with Crippen molar-refractivity contribution in [3.05, 3.63) is 63.2 Å². The lowest BCUT2D eigenvalue weighted by Gasteiger charge is -2.41. The summed E-state index contributed by atoms with van der Waals surface area (Å²) in [4.78, 5) is 74.1. The lowest BCUT2D eigenvalue weighted by molar-refractivity contribution is -0.384. The number of imide groups is 2. The van der Waals surface area contributed by atoms with Gasteiger partial charge in [-0.2, -0.15) is 0 Å². The van der Waals surface area contributed by atoms with Crippen molar-refractivity contribution in [3.8, 4) is 5.75 Å². The van der Waals surface area contributed by atoms with Gasteiger partial charge in [0.25, 0.3) is 17.5 Å². The molecule has 13 heteroatoms. The van der Waals surface area contributed by atoms with Crippen LogP contribution in [0.15, 0.2) is 36.4 Å². The number of fused-ring (bicyclic) bond motifs is 1. The average molecular weight is 522 g/mol. The Kier molecular flexibility index (Phi) is 6.27. The predicted molar refractivity (Wildman–Crippen MR) is 129 cm³/mol. The van der Waals surface area contributed by atoms with Gasteiger partial charge in [0.15, 0.2) is 0 Å². The van der Waals surface area contributed by atoms with Crippen molar-refractivity contribution >= 4 is 41.2 Å². The van der Waals surface area contributed by atoms with Crippen molar-refractivity contribution in [2.75, 3.05) is 18.0 Å². The second-order valence-electron chi connectivity index (χ2n) is 9.40. The molecule has 0 radical (unpaired) electrons. The zero-order valence-corrected chi connectivity index (χ0v) is 19.9. The fraction of sp³-hybridized carbons (Fsp3) is 0.320. The zero-order valence-electron chi connectivity index (χ0n) is 19.9. The number of nitro groups is 1. The number of carbonyl (C=O) groups excluding carboxylic acids is 4. The summed E-state index contributed by atoms with van der Waals surface area (Å²) in [6, 6.07) is 7.66. The van der Waals surface area contributed by atoms with Crippen LogP contribution in [0.5, 0.6) is 5.75 Å². The molecule has 2 aromatic rings. The highest BCUT2D eigenvalue weighted by atomic mass is 16.7. The van der Waals surface area contributed by atoms with E-state index >= 15 is 0 Å². The van der Waals surface area contributed by atoms with Crippen molar-refractivity contribution < 1.29 is 38.7 Å². The summed E-state index contributed by atoms with van der Waals surface area (Å²) in [5.74, 6) is -1.98. The highest BCUT2D eigenvalue weighted by molar-refractivity contribution is 6.23. The Hall–Kier alpha value is -4.81. The number of benzene rings is 2. The second kappa shape index (κ2) is 9.57. The van der Waals surface area contributed by atoms with Crippen LogP contribution in [0.1, 0.15) is 45.5 Å². The van der Waals surface area contributed by atoms with Crippen LogP contribution >= 0.6 is 0 Å². The molecule has 0 aliphatic carbocycles. The first-order chi connectivity index (χ1) is 18.1. The molecule has 38 heavy (non-hydrogen) atoms.